The minimum Gasteiger partial charge on any atom is -0.497 e. The lowest BCUT2D eigenvalue weighted by Gasteiger charge is -2.25. The predicted octanol–water partition coefficient (Wildman–Crippen LogP) is 2.16. The average molecular weight is 304 g/mol. The number of nitro groups is 1. The molecule has 0 amide bonds. The number of benzene rings is 1. The van der Waals surface area contributed by atoms with E-state index in [1.807, 2.05) is 0 Å². The van der Waals surface area contributed by atoms with Crippen LogP contribution < -0.4 is 4.74 Å². The van der Waals surface area contributed by atoms with Crippen molar-refractivity contribution in [3.8, 4) is 5.75 Å². The minimum atomic E-state index is -0.816. The van der Waals surface area contributed by atoms with Gasteiger partial charge in [0.25, 0.3) is 5.70 Å². The van der Waals surface area contributed by atoms with Gasteiger partial charge in [0.15, 0.2) is 0 Å². The molecule has 0 aromatic heterocycles. The Morgan fingerprint density at radius 2 is 1.91 bits per heavy atom. The van der Waals surface area contributed by atoms with Crippen LogP contribution in [0.4, 0.5) is 0 Å². The molecule has 1 heterocycles. The zero-order valence-electron chi connectivity index (χ0n) is 12.5. The fraction of sp³-hybridized carbons (Fsp3) is 0.333. The number of hydrogen-bond acceptors (Lipinski definition) is 6. The largest absolute Gasteiger partial charge is 0.497 e. The zero-order valence-corrected chi connectivity index (χ0v) is 12.5. The molecule has 0 N–H and O–H groups in total. The highest BCUT2D eigenvalue weighted by atomic mass is 16.6. The lowest BCUT2D eigenvalue weighted by Crippen LogP contribution is -2.34. The molecule has 0 radical (unpaired) electrons. The van der Waals surface area contributed by atoms with Crippen LogP contribution in [-0.4, -0.2) is 30.8 Å². The third kappa shape index (κ3) is 2.83. The highest BCUT2D eigenvalue weighted by Gasteiger charge is 2.43. The Kier molecular flexibility index (Phi) is 4.55. The summed E-state index contributed by atoms with van der Waals surface area (Å²) in [6.45, 7) is 1.66. The summed E-state index contributed by atoms with van der Waals surface area (Å²) >= 11 is 0. The van der Waals surface area contributed by atoms with Crippen LogP contribution in [0.1, 0.15) is 18.4 Å². The molecule has 1 aliphatic heterocycles. The van der Waals surface area contributed by atoms with E-state index < -0.39 is 22.7 Å². The van der Waals surface area contributed by atoms with Gasteiger partial charge in [-0.15, -0.1) is 0 Å². The summed E-state index contributed by atoms with van der Waals surface area (Å²) in [5.41, 5.74) is 0.984. The van der Waals surface area contributed by atoms with E-state index in [0.717, 1.165) is 0 Å². The van der Waals surface area contributed by atoms with Crippen molar-refractivity contribution < 1.29 is 19.2 Å². The Balaban J connectivity index is 2.52. The Bertz CT molecular complexity index is 648. The van der Waals surface area contributed by atoms with E-state index in [-0.39, 0.29) is 5.70 Å². The van der Waals surface area contributed by atoms with Gasteiger partial charge in [-0.3, -0.25) is 19.9 Å². The van der Waals surface area contributed by atoms with Gasteiger partial charge in [-0.1, -0.05) is 12.1 Å². The maximum atomic E-state index is 12.1. The molecule has 0 saturated carbocycles. The molecule has 1 aromatic rings. The van der Waals surface area contributed by atoms with Crippen molar-refractivity contribution in [1.29, 1.82) is 0 Å². The highest BCUT2D eigenvalue weighted by molar-refractivity contribution is 6.03. The van der Waals surface area contributed by atoms with E-state index >= 15 is 0 Å². The smallest absolute Gasteiger partial charge is 0.315 e. The van der Waals surface area contributed by atoms with Gasteiger partial charge in [0.2, 0.25) is 0 Å². The van der Waals surface area contributed by atoms with Crippen LogP contribution in [0.3, 0.4) is 0 Å². The second-order valence-corrected chi connectivity index (χ2v) is 4.83. The average Bonchev–Trinajstić information content (AvgIpc) is 2.53. The van der Waals surface area contributed by atoms with Gasteiger partial charge in [-0.05, 0) is 24.6 Å². The van der Waals surface area contributed by atoms with Gasteiger partial charge >= 0.3 is 5.97 Å². The summed E-state index contributed by atoms with van der Waals surface area (Å²) in [6, 6.07) is 6.80. The first-order valence-electron chi connectivity index (χ1n) is 6.60. The summed E-state index contributed by atoms with van der Waals surface area (Å²) in [5, 5.41) is 11.3. The van der Waals surface area contributed by atoms with Gasteiger partial charge in [0.1, 0.15) is 17.9 Å². The first-order valence-corrected chi connectivity index (χ1v) is 6.60. The molecule has 2 rings (SSSR count). The van der Waals surface area contributed by atoms with E-state index in [4.69, 9.17) is 9.47 Å². The molecular formula is C15H16N2O5. The molecule has 0 spiro atoms. The van der Waals surface area contributed by atoms with Crippen LogP contribution in [0.2, 0.25) is 0 Å². The van der Waals surface area contributed by atoms with Gasteiger partial charge < -0.3 is 9.47 Å². The first kappa shape index (κ1) is 15.7. The normalized spacial score (nSPS) is 20.7. The van der Waals surface area contributed by atoms with Gasteiger partial charge in [-0.25, -0.2) is 0 Å². The molecule has 22 heavy (non-hydrogen) atoms. The Morgan fingerprint density at radius 3 is 2.41 bits per heavy atom. The Hall–Kier alpha value is -2.70. The quantitative estimate of drug-likeness (QED) is 0.483. The molecule has 0 saturated heterocycles. The van der Waals surface area contributed by atoms with Crippen LogP contribution in [0.25, 0.3) is 0 Å². The summed E-state index contributed by atoms with van der Waals surface area (Å²) in [4.78, 5) is 26.9. The second kappa shape index (κ2) is 6.38. The zero-order chi connectivity index (χ0) is 16.3. The lowest BCUT2D eigenvalue weighted by molar-refractivity contribution is -0.431. The van der Waals surface area contributed by atoms with E-state index in [1.54, 1.807) is 31.2 Å². The molecule has 0 aliphatic carbocycles. The molecule has 7 nitrogen and oxygen atoms in total. The number of hydrogen-bond donors (Lipinski definition) is 0. The van der Waals surface area contributed by atoms with Crippen LogP contribution in [0, 0.1) is 16.0 Å². The predicted molar refractivity (Wildman–Crippen MR) is 79.4 cm³/mol. The van der Waals surface area contributed by atoms with Crippen molar-refractivity contribution in [2.75, 3.05) is 14.2 Å². The van der Waals surface area contributed by atoms with Crippen molar-refractivity contribution >= 4 is 11.7 Å². The first-order chi connectivity index (χ1) is 10.5. The van der Waals surface area contributed by atoms with Crippen molar-refractivity contribution in [3.05, 3.63) is 51.8 Å². The van der Waals surface area contributed by atoms with Crippen LogP contribution in [0.15, 0.2) is 41.2 Å². The number of allylic oxidation sites excluding steroid dienone is 1. The molecule has 0 bridgehead atoms. The van der Waals surface area contributed by atoms with E-state index in [1.165, 1.54) is 20.4 Å². The van der Waals surface area contributed by atoms with Crippen molar-refractivity contribution in [1.82, 2.24) is 0 Å². The van der Waals surface area contributed by atoms with Crippen LogP contribution >= 0.6 is 0 Å². The third-order valence-electron chi connectivity index (χ3n) is 3.64. The second-order valence-electron chi connectivity index (χ2n) is 4.83. The molecule has 1 aromatic carbocycles. The summed E-state index contributed by atoms with van der Waals surface area (Å²) in [5.74, 6) is -1.48. The number of nitrogens with zero attached hydrogens (tertiary/aromatic N) is 2. The summed E-state index contributed by atoms with van der Waals surface area (Å²) in [7, 11) is 2.79. The Morgan fingerprint density at radius 1 is 1.27 bits per heavy atom. The molecular weight excluding hydrogens is 288 g/mol. The highest BCUT2D eigenvalue weighted by Crippen LogP contribution is 2.37. The SMILES string of the molecule is COC(=O)C1C(C)=NC=C([N+](=O)[O-])C1c1ccc(OC)cc1. The number of aliphatic imine (C=N–C) groups is 1. The van der Waals surface area contributed by atoms with Crippen LogP contribution in [-0.2, 0) is 9.53 Å². The van der Waals surface area contributed by atoms with Crippen molar-refractivity contribution in [2.45, 2.75) is 12.8 Å². The topological polar surface area (TPSA) is 91.0 Å². The summed E-state index contributed by atoms with van der Waals surface area (Å²) in [6.07, 6.45) is 1.20. The maximum absolute atomic E-state index is 12.1. The molecule has 1 aliphatic rings. The number of carbonyl (C=O) groups is 1. The number of rotatable bonds is 4. The van der Waals surface area contributed by atoms with E-state index in [0.29, 0.717) is 17.0 Å². The third-order valence-corrected chi connectivity index (χ3v) is 3.64. The molecule has 7 heteroatoms. The van der Waals surface area contributed by atoms with Gasteiger partial charge in [-0.2, -0.15) is 0 Å². The molecule has 2 atom stereocenters. The number of methoxy groups -OCH3 is 2. The van der Waals surface area contributed by atoms with Crippen LogP contribution in [0.5, 0.6) is 5.75 Å². The number of ether oxygens (including phenoxy) is 2. The maximum Gasteiger partial charge on any atom is 0.315 e. The Labute approximate surface area is 127 Å². The summed E-state index contributed by atoms with van der Waals surface area (Å²) < 4.78 is 9.87. The minimum absolute atomic E-state index is 0.133. The van der Waals surface area contributed by atoms with Gasteiger partial charge in [0.05, 0.1) is 25.1 Å². The van der Waals surface area contributed by atoms with E-state index in [9.17, 15) is 14.9 Å². The fourth-order valence-electron chi connectivity index (χ4n) is 2.51. The monoisotopic (exact) mass is 304 g/mol. The molecule has 0 fully saturated rings. The van der Waals surface area contributed by atoms with Gasteiger partial charge in [0, 0.05) is 5.71 Å². The number of carbonyl (C=O) groups excluding carboxylic acids is 1. The lowest BCUT2D eigenvalue weighted by atomic mass is 9.80. The molecule has 116 valence electrons. The fourth-order valence-corrected chi connectivity index (χ4v) is 2.51. The number of esters is 1. The molecule has 2 unspecified atom stereocenters. The van der Waals surface area contributed by atoms with Crippen molar-refractivity contribution in [2.24, 2.45) is 10.9 Å². The van der Waals surface area contributed by atoms with E-state index in [2.05, 4.69) is 4.99 Å². The standard InChI is InChI=1S/C15H16N2O5/c1-9-13(15(18)22-3)14(12(8-16-9)17(19)20)10-4-6-11(21-2)7-5-10/h4-8,13-14H,1-3H3. The van der Waals surface area contributed by atoms with Crippen molar-refractivity contribution in [3.63, 3.8) is 0 Å².